The van der Waals surface area contributed by atoms with Gasteiger partial charge < -0.3 is 5.32 Å². The summed E-state index contributed by atoms with van der Waals surface area (Å²) in [5.74, 6) is 0.363. The molecule has 0 spiro atoms. The van der Waals surface area contributed by atoms with Crippen LogP contribution < -0.4 is 5.32 Å². The summed E-state index contributed by atoms with van der Waals surface area (Å²) in [6, 6.07) is 3.90. The van der Waals surface area contributed by atoms with Gasteiger partial charge in [0.25, 0.3) is 0 Å². The third-order valence-corrected chi connectivity index (χ3v) is 4.67. The van der Waals surface area contributed by atoms with Crippen LogP contribution in [0.25, 0.3) is 0 Å². The third-order valence-electron chi connectivity index (χ3n) is 4.67. The first kappa shape index (κ1) is 18.7. The van der Waals surface area contributed by atoms with Gasteiger partial charge in [0.05, 0.1) is 0 Å². The van der Waals surface area contributed by atoms with Crippen LogP contribution in [0, 0.1) is 25.6 Å². The maximum Gasteiger partial charge on any atom is 0.243 e. The summed E-state index contributed by atoms with van der Waals surface area (Å²) < 4.78 is 14.1. The van der Waals surface area contributed by atoms with Crippen molar-refractivity contribution < 1.29 is 9.18 Å². The lowest BCUT2D eigenvalue weighted by Gasteiger charge is -2.33. The molecule has 0 saturated carbocycles. The molecule has 1 amide bonds. The van der Waals surface area contributed by atoms with Gasteiger partial charge in [-0.25, -0.2) is 4.39 Å². The number of benzene rings is 1. The normalized spacial score (nSPS) is 18.3. The van der Waals surface area contributed by atoms with E-state index in [1.165, 1.54) is 0 Å². The molecular weight excluding hydrogens is 303 g/mol. The Morgan fingerprint density at radius 1 is 1.38 bits per heavy atom. The minimum Gasteiger partial charge on any atom is -0.352 e. The van der Waals surface area contributed by atoms with Gasteiger partial charge in [0.2, 0.25) is 5.91 Å². The van der Waals surface area contributed by atoms with E-state index in [-0.39, 0.29) is 11.7 Å². The zero-order valence-electron chi connectivity index (χ0n) is 15.3. The molecule has 1 heterocycles. The van der Waals surface area contributed by atoms with Gasteiger partial charge in [-0.3, -0.25) is 9.69 Å². The summed E-state index contributed by atoms with van der Waals surface area (Å²) >= 11 is 0. The maximum atomic E-state index is 14.1. The molecule has 24 heavy (non-hydrogen) atoms. The van der Waals surface area contributed by atoms with Crippen LogP contribution in [0.1, 0.15) is 43.4 Å². The number of allylic oxidation sites excluding steroid dienone is 1. The van der Waals surface area contributed by atoms with Crippen LogP contribution in [0.15, 0.2) is 23.8 Å². The molecule has 4 heteroatoms. The summed E-state index contributed by atoms with van der Waals surface area (Å²) in [6.07, 6.45) is 3.89. The van der Waals surface area contributed by atoms with E-state index in [0.717, 1.165) is 49.2 Å². The van der Waals surface area contributed by atoms with Crippen molar-refractivity contribution in [2.45, 2.75) is 47.1 Å². The lowest BCUT2D eigenvalue weighted by molar-refractivity contribution is -0.116. The van der Waals surface area contributed by atoms with Crippen molar-refractivity contribution in [3.8, 4) is 0 Å². The molecule has 1 aromatic rings. The molecule has 1 unspecified atom stereocenters. The molecule has 1 aromatic carbocycles. The zero-order valence-corrected chi connectivity index (χ0v) is 15.3. The van der Waals surface area contributed by atoms with Crippen molar-refractivity contribution >= 4 is 5.91 Å². The number of amides is 1. The molecule has 0 aromatic heterocycles. The average Bonchev–Trinajstić information content (AvgIpc) is 2.53. The first-order valence-electron chi connectivity index (χ1n) is 8.76. The van der Waals surface area contributed by atoms with Crippen molar-refractivity contribution in [1.82, 2.24) is 10.2 Å². The number of carbonyl (C=O) groups is 1. The van der Waals surface area contributed by atoms with E-state index in [1.807, 2.05) is 32.9 Å². The summed E-state index contributed by atoms with van der Waals surface area (Å²) in [4.78, 5) is 14.1. The number of aryl methyl sites for hydroxylation is 1. The molecular formula is C20H29FN2O. The lowest BCUT2D eigenvalue weighted by Crippen LogP contribution is -2.40. The van der Waals surface area contributed by atoms with Gasteiger partial charge in [-0.2, -0.15) is 0 Å². The van der Waals surface area contributed by atoms with Crippen LogP contribution in [-0.2, 0) is 11.3 Å². The number of nitrogens with zero attached hydrogens (tertiary/aromatic N) is 1. The van der Waals surface area contributed by atoms with Crippen molar-refractivity contribution in [2.24, 2.45) is 5.92 Å². The second-order valence-electron chi connectivity index (χ2n) is 7.19. The first-order valence-corrected chi connectivity index (χ1v) is 8.76. The number of piperidine rings is 1. The van der Waals surface area contributed by atoms with Crippen molar-refractivity contribution in [1.29, 1.82) is 0 Å². The second kappa shape index (κ2) is 8.43. The van der Waals surface area contributed by atoms with Gasteiger partial charge >= 0.3 is 0 Å². The SMILES string of the molecule is CC(C)=CC(=O)NCC1CCCN(Cc2ccc(C)c(F)c2C)C1. The van der Waals surface area contributed by atoms with Crippen LogP contribution in [0.3, 0.4) is 0 Å². The van der Waals surface area contributed by atoms with Gasteiger partial charge in [0.1, 0.15) is 5.82 Å². The van der Waals surface area contributed by atoms with E-state index in [1.54, 1.807) is 13.0 Å². The highest BCUT2D eigenvalue weighted by molar-refractivity contribution is 5.87. The van der Waals surface area contributed by atoms with Gasteiger partial charge in [-0.1, -0.05) is 17.7 Å². The molecule has 1 aliphatic heterocycles. The molecule has 0 aliphatic carbocycles. The molecule has 0 bridgehead atoms. The summed E-state index contributed by atoms with van der Waals surface area (Å²) in [5.41, 5.74) is 3.53. The van der Waals surface area contributed by atoms with Crippen LogP contribution in [0.2, 0.25) is 0 Å². The standard InChI is InChI=1S/C20H29FN2O/c1-14(2)10-19(24)22-11-17-6-5-9-23(12-17)13-18-8-7-15(3)20(21)16(18)4/h7-8,10,17H,5-6,9,11-13H2,1-4H3,(H,22,24). The molecule has 132 valence electrons. The Morgan fingerprint density at radius 2 is 2.12 bits per heavy atom. The van der Waals surface area contributed by atoms with Crippen molar-refractivity contribution in [3.63, 3.8) is 0 Å². The van der Waals surface area contributed by atoms with E-state index >= 15 is 0 Å². The van der Waals surface area contributed by atoms with E-state index in [4.69, 9.17) is 0 Å². The number of nitrogens with one attached hydrogen (secondary N) is 1. The van der Waals surface area contributed by atoms with Gasteiger partial charge in [-0.15, -0.1) is 0 Å². The van der Waals surface area contributed by atoms with Crippen molar-refractivity contribution in [2.75, 3.05) is 19.6 Å². The van der Waals surface area contributed by atoms with Gasteiger partial charge in [0.15, 0.2) is 0 Å². The van der Waals surface area contributed by atoms with Gasteiger partial charge in [0, 0.05) is 25.7 Å². The summed E-state index contributed by atoms with van der Waals surface area (Å²) in [6.45, 7) is 11.0. The number of likely N-dealkylation sites (tertiary alicyclic amines) is 1. The largest absolute Gasteiger partial charge is 0.352 e. The number of carbonyl (C=O) groups excluding carboxylic acids is 1. The van der Waals surface area contributed by atoms with Crippen molar-refractivity contribution in [3.05, 3.63) is 46.3 Å². The number of hydrogen-bond acceptors (Lipinski definition) is 2. The highest BCUT2D eigenvalue weighted by atomic mass is 19.1. The Morgan fingerprint density at radius 3 is 2.83 bits per heavy atom. The third kappa shape index (κ3) is 5.17. The van der Waals surface area contributed by atoms with Crippen LogP contribution in [-0.4, -0.2) is 30.4 Å². The fourth-order valence-corrected chi connectivity index (χ4v) is 3.29. The molecule has 2 rings (SSSR count). The Balaban J connectivity index is 1.90. The number of halogens is 1. The highest BCUT2D eigenvalue weighted by Gasteiger charge is 2.21. The Labute approximate surface area is 144 Å². The molecule has 1 N–H and O–H groups in total. The van der Waals surface area contributed by atoms with Crippen LogP contribution in [0.5, 0.6) is 0 Å². The maximum absolute atomic E-state index is 14.1. The molecule has 1 saturated heterocycles. The smallest absolute Gasteiger partial charge is 0.243 e. The average molecular weight is 332 g/mol. The lowest BCUT2D eigenvalue weighted by atomic mass is 9.96. The molecule has 1 fully saturated rings. The minimum atomic E-state index is -0.0879. The fourth-order valence-electron chi connectivity index (χ4n) is 3.29. The first-order chi connectivity index (χ1) is 11.4. The highest BCUT2D eigenvalue weighted by Crippen LogP contribution is 2.22. The molecule has 1 aliphatic rings. The Kier molecular flexibility index (Phi) is 6.55. The second-order valence-corrected chi connectivity index (χ2v) is 7.19. The molecule has 1 atom stereocenters. The summed E-state index contributed by atoms with van der Waals surface area (Å²) in [5, 5.41) is 2.99. The minimum absolute atomic E-state index is 0.0106. The van der Waals surface area contributed by atoms with Crippen LogP contribution in [0.4, 0.5) is 4.39 Å². The topological polar surface area (TPSA) is 32.3 Å². The Hall–Kier alpha value is -1.68. The van der Waals surface area contributed by atoms with E-state index < -0.39 is 0 Å². The zero-order chi connectivity index (χ0) is 17.7. The summed E-state index contributed by atoms with van der Waals surface area (Å²) in [7, 11) is 0. The van der Waals surface area contributed by atoms with Gasteiger partial charge in [-0.05, 0) is 69.7 Å². The molecule has 0 radical (unpaired) electrons. The van der Waals surface area contributed by atoms with E-state index in [9.17, 15) is 9.18 Å². The van der Waals surface area contributed by atoms with Crippen LogP contribution >= 0.6 is 0 Å². The van der Waals surface area contributed by atoms with E-state index in [0.29, 0.717) is 18.0 Å². The quantitative estimate of drug-likeness (QED) is 0.833. The number of rotatable bonds is 5. The van der Waals surface area contributed by atoms with E-state index in [2.05, 4.69) is 10.2 Å². The monoisotopic (exact) mass is 332 g/mol. The molecule has 3 nitrogen and oxygen atoms in total. The predicted molar refractivity (Wildman–Crippen MR) is 96.3 cm³/mol. The fraction of sp³-hybridized carbons (Fsp3) is 0.550. The number of hydrogen-bond donors (Lipinski definition) is 1. The predicted octanol–water partition coefficient (Wildman–Crippen LogP) is 3.74. The Bertz CT molecular complexity index is 620.